The fourth-order valence-electron chi connectivity index (χ4n) is 2.87. The SMILES string of the molecule is Cc1cnccc1NC(=O)N(C)C[C@H]1CCn2ccnc2C1. The Bertz CT molecular complexity index is 666. The van der Waals surface area contributed by atoms with Crippen LogP contribution in [0.3, 0.4) is 0 Å². The van der Waals surface area contributed by atoms with Crippen LogP contribution in [0.4, 0.5) is 10.5 Å². The summed E-state index contributed by atoms with van der Waals surface area (Å²) in [6.07, 6.45) is 9.31. The lowest BCUT2D eigenvalue weighted by atomic mass is 9.97. The summed E-state index contributed by atoms with van der Waals surface area (Å²) < 4.78 is 2.19. The molecule has 1 atom stereocenters. The van der Waals surface area contributed by atoms with Gasteiger partial charge in [0.05, 0.1) is 0 Å². The molecule has 1 aliphatic heterocycles. The Morgan fingerprint density at radius 3 is 3.18 bits per heavy atom. The van der Waals surface area contributed by atoms with Crippen LogP contribution in [0.2, 0.25) is 0 Å². The summed E-state index contributed by atoms with van der Waals surface area (Å²) in [6, 6.07) is 1.74. The minimum atomic E-state index is -0.0804. The van der Waals surface area contributed by atoms with Crippen LogP contribution in [0.25, 0.3) is 0 Å². The van der Waals surface area contributed by atoms with E-state index in [9.17, 15) is 4.79 Å². The molecular weight excluding hydrogens is 278 g/mol. The fraction of sp³-hybridized carbons (Fsp3) is 0.438. The van der Waals surface area contributed by atoms with E-state index in [1.165, 1.54) is 0 Å². The lowest BCUT2D eigenvalue weighted by molar-refractivity contribution is 0.207. The Morgan fingerprint density at radius 1 is 1.50 bits per heavy atom. The highest BCUT2D eigenvalue weighted by molar-refractivity contribution is 5.89. The van der Waals surface area contributed by atoms with E-state index in [0.29, 0.717) is 5.92 Å². The number of aromatic nitrogens is 3. The summed E-state index contributed by atoms with van der Waals surface area (Å²) in [4.78, 5) is 22.5. The van der Waals surface area contributed by atoms with Crippen LogP contribution in [0.1, 0.15) is 17.8 Å². The smallest absolute Gasteiger partial charge is 0.321 e. The number of carbonyl (C=O) groups excluding carboxylic acids is 1. The van der Waals surface area contributed by atoms with Crippen molar-refractivity contribution in [2.24, 2.45) is 5.92 Å². The number of urea groups is 1. The van der Waals surface area contributed by atoms with Crippen LogP contribution in [-0.4, -0.2) is 39.1 Å². The Balaban J connectivity index is 1.57. The van der Waals surface area contributed by atoms with Crippen LogP contribution >= 0.6 is 0 Å². The summed E-state index contributed by atoms with van der Waals surface area (Å²) in [5, 5.41) is 2.94. The van der Waals surface area contributed by atoms with E-state index in [2.05, 4.69) is 19.9 Å². The molecule has 0 aromatic carbocycles. The molecule has 3 heterocycles. The Morgan fingerprint density at radius 2 is 2.36 bits per heavy atom. The highest BCUT2D eigenvalue weighted by Gasteiger charge is 2.22. The number of carbonyl (C=O) groups is 1. The predicted molar refractivity (Wildman–Crippen MR) is 84.7 cm³/mol. The molecule has 2 amide bonds. The van der Waals surface area contributed by atoms with Crippen molar-refractivity contribution in [3.8, 4) is 0 Å². The summed E-state index contributed by atoms with van der Waals surface area (Å²) in [6.45, 7) is 3.66. The Labute approximate surface area is 130 Å². The number of nitrogens with zero attached hydrogens (tertiary/aromatic N) is 4. The van der Waals surface area contributed by atoms with Gasteiger partial charge in [-0.15, -0.1) is 0 Å². The number of pyridine rings is 1. The second-order valence-electron chi connectivity index (χ2n) is 5.90. The van der Waals surface area contributed by atoms with Gasteiger partial charge in [0, 0.05) is 57.0 Å². The molecule has 0 radical (unpaired) electrons. The molecule has 22 heavy (non-hydrogen) atoms. The number of amides is 2. The van der Waals surface area contributed by atoms with Gasteiger partial charge < -0.3 is 14.8 Å². The van der Waals surface area contributed by atoms with E-state index in [4.69, 9.17) is 0 Å². The fourth-order valence-corrected chi connectivity index (χ4v) is 2.87. The molecule has 6 heteroatoms. The first-order chi connectivity index (χ1) is 10.6. The van der Waals surface area contributed by atoms with Crippen molar-refractivity contribution in [1.29, 1.82) is 0 Å². The van der Waals surface area contributed by atoms with Gasteiger partial charge in [-0.05, 0) is 30.9 Å². The third-order valence-electron chi connectivity index (χ3n) is 4.19. The first kappa shape index (κ1) is 14.6. The van der Waals surface area contributed by atoms with Crippen molar-refractivity contribution < 1.29 is 4.79 Å². The number of aryl methyl sites for hydroxylation is 2. The molecule has 6 nitrogen and oxygen atoms in total. The zero-order chi connectivity index (χ0) is 15.5. The first-order valence-corrected chi connectivity index (χ1v) is 7.56. The van der Waals surface area contributed by atoms with Crippen LogP contribution in [0, 0.1) is 12.8 Å². The topological polar surface area (TPSA) is 63.1 Å². The second-order valence-corrected chi connectivity index (χ2v) is 5.90. The van der Waals surface area contributed by atoms with E-state index >= 15 is 0 Å². The van der Waals surface area contributed by atoms with Gasteiger partial charge in [-0.2, -0.15) is 0 Å². The molecule has 0 fully saturated rings. The second kappa shape index (κ2) is 6.17. The van der Waals surface area contributed by atoms with Gasteiger partial charge in [-0.1, -0.05) is 0 Å². The van der Waals surface area contributed by atoms with Crippen LogP contribution in [0.5, 0.6) is 0 Å². The molecule has 0 spiro atoms. The number of fused-ring (bicyclic) bond motifs is 1. The standard InChI is InChI=1S/C16H21N5O/c1-12-10-17-5-3-14(12)19-16(22)20(2)11-13-4-7-21-8-6-18-15(21)9-13/h3,5-6,8,10,13H,4,7,9,11H2,1-2H3,(H,17,19,22)/t13-/m0/s1. The maximum Gasteiger partial charge on any atom is 0.321 e. The highest BCUT2D eigenvalue weighted by Crippen LogP contribution is 2.20. The number of hydrogen-bond donors (Lipinski definition) is 1. The summed E-state index contributed by atoms with van der Waals surface area (Å²) in [7, 11) is 1.84. The molecular formula is C16H21N5O. The predicted octanol–water partition coefficient (Wildman–Crippen LogP) is 2.31. The molecule has 1 aliphatic rings. The number of imidazole rings is 1. The molecule has 0 bridgehead atoms. The summed E-state index contributed by atoms with van der Waals surface area (Å²) in [5.74, 6) is 1.58. The van der Waals surface area contributed by atoms with Crippen molar-refractivity contribution in [3.63, 3.8) is 0 Å². The molecule has 2 aromatic rings. The normalized spacial score (nSPS) is 16.9. The molecule has 3 rings (SSSR count). The van der Waals surface area contributed by atoms with E-state index in [1.54, 1.807) is 17.3 Å². The quantitative estimate of drug-likeness (QED) is 0.946. The van der Waals surface area contributed by atoms with E-state index in [-0.39, 0.29) is 6.03 Å². The average Bonchev–Trinajstić information content (AvgIpc) is 2.97. The van der Waals surface area contributed by atoms with E-state index in [0.717, 1.165) is 43.0 Å². The van der Waals surface area contributed by atoms with Gasteiger partial charge in [0.25, 0.3) is 0 Å². The lowest BCUT2D eigenvalue weighted by Gasteiger charge is -2.28. The minimum absolute atomic E-state index is 0.0804. The van der Waals surface area contributed by atoms with Crippen molar-refractivity contribution in [2.45, 2.75) is 26.3 Å². The van der Waals surface area contributed by atoms with Crippen molar-refractivity contribution >= 4 is 11.7 Å². The average molecular weight is 299 g/mol. The third kappa shape index (κ3) is 3.10. The van der Waals surface area contributed by atoms with Crippen LogP contribution < -0.4 is 5.32 Å². The summed E-state index contributed by atoms with van der Waals surface area (Å²) in [5.41, 5.74) is 1.77. The Kier molecular flexibility index (Phi) is 4.09. The zero-order valence-electron chi connectivity index (χ0n) is 13.0. The minimum Gasteiger partial charge on any atom is -0.335 e. The van der Waals surface area contributed by atoms with Crippen LogP contribution in [-0.2, 0) is 13.0 Å². The number of hydrogen-bond acceptors (Lipinski definition) is 3. The molecule has 1 N–H and O–H groups in total. The molecule has 116 valence electrons. The van der Waals surface area contributed by atoms with Crippen molar-refractivity contribution in [3.05, 3.63) is 42.2 Å². The van der Waals surface area contributed by atoms with Gasteiger partial charge >= 0.3 is 6.03 Å². The number of nitrogens with one attached hydrogen (secondary N) is 1. The van der Waals surface area contributed by atoms with Gasteiger partial charge in [0.1, 0.15) is 5.82 Å². The van der Waals surface area contributed by atoms with Crippen molar-refractivity contribution in [1.82, 2.24) is 19.4 Å². The number of anilines is 1. The van der Waals surface area contributed by atoms with Gasteiger partial charge in [-0.25, -0.2) is 9.78 Å². The van der Waals surface area contributed by atoms with Crippen molar-refractivity contribution in [2.75, 3.05) is 18.9 Å². The Hall–Kier alpha value is -2.37. The first-order valence-electron chi connectivity index (χ1n) is 7.56. The maximum absolute atomic E-state index is 12.3. The summed E-state index contributed by atoms with van der Waals surface area (Å²) >= 11 is 0. The third-order valence-corrected chi connectivity index (χ3v) is 4.19. The number of rotatable bonds is 3. The van der Waals surface area contributed by atoms with E-state index in [1.807, 2.05) is 32.4 Å². The van der Waals surface area contributed by atoms with Crippen LogP contribution in [0.15, 0.2) is 30.9 Å². The lowest BCUT2D eigenvalue weighted by Crippen LogP contribution is -2.37. The highest BCUT2D eigenvalue weighted by atomic mass is 16.2. The molecule has 2 aromatic heterocycles. The maximum atomic E-state index is 12.3. The van der Waals surface area contributed by atoms with E-state index < -0.39 is 0 Å². The molecule has 0 saturated heterocycles. The molecule has 0 unspecified atom stereocenters. The zero-order valence-corrected chi connectivity index (χ0v) is 13.0. The molecule has 0 aliphatic carbocycles. The largest absolute Gasteiger partial charge is 0.335 e. The van der Waals surface area contributed by atoms with Gasteiger partial charge in [0.2, 0.25) is 0 Å². The monoisotopic (exact) mass is 299 g/mol. The molecule has 0 saturated carbocycles. The van der Waals surface area contributed by atoms with Gasteiger partial charge in [-0.3, -0.25) is 4.98 Å². The van der Waals surface area contributed by atoms with Gasteiger partial charge in [0.15, 0.2) is 0 Å².